The number of nitrogens with zero attached hydrogens (tertiary/aromatic N) is 3. The summed E-state index contributed by atoms with van der Waals surface area (Å²) >= 11 is 7.92. The van der Waals surface area contributed by atoms with E-state index in [0.29, 0.717) is 11.6 Å². The minimum atomic E-state index is -0.0769. The van der Waals surface area contributed by atoms with Crippen molar-refractivity contribution in [2.24, 2.45) is 5.73 Å². The Balaban J connectivity index is 0.00000225. The lowest BCUT2D eigenvalue weighted by atomic mass is 10.1. The molecule has 2 aromatic heterocycles. The number of nitrogens with two attached hydrogens (primary N) is 1. The maximum atomic E-state index is 9.46. The third-order valence-electron chi connectivity index (χ3n) is 3.48. The Morgan fingerprint density at radius 1 is 1.08 bits per heavy atom. The molecule has 130 valence electrons. The first-order chi connectivity index (χ1) is 11.7. The van der Waals surface area contributed by atoms with E-state index in [2.05, 4.69) is 15.2 Å². The molecule has 0 saturated heterocycles. The van der Waals surface area contributed by atoms with Gasteiger partial charge < -0.3 is 10.8 Å². The molecule has 0 saturated carbocycles. The number of aliphatic hydroxyl groups is 1. The minimum absolute atomic E-state index is 0. The highest BCUT2D eigenvalue weighted by molar-refractivity contribution is 7.99. The average molecular weight is 395 g/mol. The molecule has 0 aliphatic carbocycles. The Bertz CT molecular complexity index is 849. The van der Waals surface area contributed by atoms with Crippen molar-refractivity contribution in [2.75, 3.05) is 0 Å². The molecule has 2 heterocycles. The molecule has 3 aromatic rings. The van der Waals surface area contributed by atoms with Crippen LogP contribution in [0.5, 0.6) is 0 Å². The summed E-state index contributed by atoms with van der Waals surface area (Å²) in [4.78, 5) is 5.17. The number of hydrogen-bond acceptors (Lipinski definition) is 6. The number of pyridine rings is 1. The molecule has 0 unspecified atom stereocenters. The Morgan fingerprint density at radius 2 is 1.92 bits per heavy atom. The van der Waals surface area contributed by atoms with Gasteiger partial charge in [-0.1, -0.05) is 29.4 Å². The molecule has 0 amide bonds. The van der Waals surface area contributed by atoms with Crippen molar-refractivity contribution in [3.05, 3.63) is 65.1 Å². The van der Waals surface area contributed by atoms with E-state index >= 15 is 0 Å². The van der Waals surface area contributed by atoms with E-state index in [1.54, 1.807) is 24.7 Å². The van der Waals surface area contributed by atoms with Crippen LogP contribution in [-0.4, -0.2) is 20.3 Å². The molecule has 0 bridgehead atoms. The second-order valence-electron chi connectivity index (χ2n) is 5.01. The third-order valence-corrected chi connectivity index (χ3v) is 5.13. The summed E-state index contributed by atoms with van der Waals surface area (Å²) in [6.45, 7) is 0.266. The maximum Gasteiger partial charge on any atom is 0.106 e. The van der Waals surface area contributed by atoms with E-state index in [-0.39, 0.29) is 19.0 Å². The van der Waals surface area contributed by atoms with Crippen molar-refractivity contribution in [1.29, 1.82) is 0 Å². The zero-order valence-corrected chi connectivity index (χ0v) is 15.5. The number of rotatable bonds is 5. The fourth-order valence-electron chi connectivity index (χ4n) is 2.28. The summed E-state index contributed by atoms with van der Waals surface area (Å²) in [6, 6.07) is 9.37. The van der Waals surface area contributed by atoms with Crippen LogP contribution in [0.15, 0.2) is 58.8 Å². The van der Waals surface area contributed by atoms with Crippen LogP contribution in [0.3, 0.4) is 0 Å². The number of benzene rings is 1. The van der Waals surface area contributed by atoms with Gasteiger partial charge >= 0.3 is 0 Å². The monoisotopic (exact) mass is 394 g/mol. The number of aromatic nitrogens is 3. The molecule has 0 aliphatic heterocycles. The first-order valence-corrected chi connectivity index (χ1v) is 8.44. The minimum Gasteiger partial charge on any atom is -0.392 e. The summed E-state index contributed by atoms with van der Waals surface area (Å²) in [5.41, 5.74) is 9.44. The van der Waals surface area contributed by atoms with Crippen molar-refractivity contribution >= 4 is 35.8 Å². The van der Waals surface area contributed by atoms with Gasteiger partial charge in [0.2, 0.25) is 0 Å². The Labute approximate surface area is 161 Å². The highest BCUT2D eigenvalue weighted by Crippen LogP contribution is 2.39. The van der Waals surface area contributed by atoms with Crippen LogP contribution in [0.1, 0.15) is 11.1 Å². The first-order valence-electron chi connectivity index (χ1n) is 7.25. The van der Waals surface area contributed by atoms with Crippen molar-refractivity contribution in [3.8, 4) is 11.1 Å². The number of aliphatic hydroxyl groups excluding tert-OH is 1. The van der Waals surface area contributed by atoms with Gasteiger partial charge in [0.15, 0.2) is 0 Å². The fourth-order valence-corrected chi connectivity index (χ4v) is 3.63. The predicted octanol–water partition coefficient (Wildman–Crippen LogP) is 3.72. The molecule has 0 radical (unpaired) electrons. The Hall–Kier alpha value is -1.70. The zero-order chi connectivity index (χ0) is 16.9. The number of halogens is 2. The molecule has 0 atom stereocenters. The van der Waals surface area contributed by atoms with Crippen LogP contribution >= 0.6 is 35.8 Å². The molecule has 5 nitrogen and oxygen atoms in total. The molecule has 0 spiro atoms. The van der Waals surface area contributed by atoms with E-state index in [0.717, 1.165) is 32.2 Å². The lowest BCUT2D eigenvalue weighted by Gasteiger charge is -2.13. The SMILES string of the molecule is Cl.NCc1cc(-c2ccnnc2)cc(Cl)c1Sc1ncccc1CO. The van der Waals surface area contributed by atoms with Crippen molar-refractivity contribution in [2.45, 2.75) is 23.1 Å². The van der Waals surface area contributed by atoms with Gasteiger partial charge in [-0.2, -0.15) is 10.2 Å². The molecule has 3 rings (SSSR count). The summed E-state index contributed by atoms with van der Waals surface area (Å²) in [5.74, 6) is 0. The van der Waals surface area contributed by atoms with Crippen LogP contribution in [0.25, 0.3) is 11.1 Å². The van der Waals surface area contributed by atoms with Crippen LogP contribution in [-0.2, 0) is 13.2 Å². The van der Waals surface area contributed by atoms with Crippen LogP contribution in [0.2, 0.25) is 5.02 Å². The fraction of sp³-hybridized carbons (Fsp3) is 0.118. The lowest BCUT2D eigenvalue weighted by molar-refractivity contribution is 0.278. The predicted molar refractivity (Wildman–Crippen MR) is 102 cm³/mol. The highest BCUT2D eigenvalue weighted by atomic mass is 35.5. The van der Waals surface area contributed by atoms with E-state index in [1.165, 1.54) is 11.8 Å². The average Bonchev–Trinajstić information content (AvgIpc) is 2.64. The van der Waals surface area contributed by atoms with Gasteiger partial charge in [-0.25, -0.2) is 4.98 Å². The third kappa shape index (κ3) is 4.48. The van der Waals surface area contributed by atoms with Crippen molar-refractivity contribution in [1.82, 2.24) is 15.2 Å². The summed E-state index contributed by atoms with van der Waals surface area (Å²) in [5, 5.41) is 18.4. The van der Waals surface area contributed by atoms with Gasteiger partial charge in [0.1, 0.15) is 5.03 Å². The van der Waals surface area contributed by atoms with E-state index in [1.807, 2.05) is 24.3 Å². The van der Waals surface area contributed by atoms with Gasteiger partial charge in [-0.3, -0.25) is 0 Å². The van der Waals surface area contributed by atoms with Gasteiger partial charge in [0, 0.05) is 28.8 Å². The molecular formula is C17H16Cl2N4OS. The molecular weight excluding hydrogens is 379 g/mol. The largest absolute Gasteiger partial charge is 0.392 e. The van der Waals surface area contributed by atoms with E-state index in [9.17, 15) is 5.11 Å². The smallest absolute Gasteiger partial charge is 0.106 e. The van der Waals surface area contributed by atoms with Crippen LogP contribution in [0, 0.1) is 0 Å². The Kier molecular flexibility index (Phi) is 7.16. The van der Waals surface area contributed by atoms with Crippen LogP contribution < -0.4 is 5.73 Å². The van der Waals surface area contributed by atoms with Gasteiger partial charge in [0.05, 0.1) is 24.0 Å². The highest BCUT2D eigenvalue weighted by Gasteiger charge is 2.14. The van der Waals surface area contributed by atoms with Gasteiger partial charge in [-0.05, 0) is 35.4 Å². The molecule has 0 fully saturated rings. The second-order valence-corrected chi connectivity index (χ2v) is 6.42. The molecule has 8 heteroatoms. The van der Waals surface area contributed by atoms with Gasteiger partial charge in [0.25, 0.3) is 0 Å². The van der Waals surface area contributed by atoms with E-state index < -0.39 is 0 Å². The molecule has 0 aliphatic rings. The molecule has 3 N–H and O–H groups in total. The topological polar surface area (TPSA) is 84.9 Å². The van der Waals surface area contributed by atoms with Crippen molar-refractivity contribution in [3.63, 3.8) is 0 Å². The van der Waals surface area contributed by atoms with Crippen molar-refractivity contribution < 1.29 is 5.11 Å². The zero-order valence-electron chi connectivity index (χ0n) is 13.1. The molecule has 1 aromatic carbocycles. The summed E-state index contributed by atoms with van der Waals surface area (Å²) in [6.07, 6.45) is 5.01. The quantitative estimate of drug-likeness (QED) is 0.685. The molecule has 25 heavy (non-hydrogen) atoms. The second kappa shape index (κ2) is 9.12. The maximum absolute atomic E-state index is 9.46. The Morgan fingerprint density at radius 3 is 2.60 bits per heavy atom. The summed E-state index contributed by atoms with van der Waals surface area (Å²) < 4.78 is 0. The lowest BCUT2D eigenvalue weighted by Crippen LogP contribution is -2.01. The number of hydrogen-bond donors (Lipinski definition) is 2. The van der Waals surface area contributed by atoms with E-state index in [4.69, 9.17) is 17.3 Å². The standard InChI is InChI=1S/C17H15ClN4OS.ClH/c18-15-7-13(11-3-5-21-22-9-11)6-14(8-19)16(15)24-17-12(10-23)2-1-4-20-17;/h1-7,9,23H,8,10,19H2;1H. The summed E-state index contributed by atoms with van der Waals surface area (Å²) in [7, 11) is 0. The first kappa shape index (κ1) is 19.6. The van der Waals surface area contributed by atoms with Crippen LogP contribution in [0.4, 0.5) is 0 Å². The van der Waals surface area contributed by atoms with Gasteiger partial charge in [-0.15, -0.1) is 12.4 Å². The normalized spacial score (nSPS) is 10.4.